The number of halogens is 2. The molecule has 5 heteroatoms. The van der Waals surface area contributed by atoms with Crippen LogP contribution in [0.1, 0.15) is 16.0 Å². The summed E-state index contributed by atoms with van der Waals surface area (Å²) in [6.45, 7) is 1.65. The lowest BCUT2D eigenvalue weighted by molar-refractivity contribution is 0.281. The lowest BCUT2D eigenvalue weighted by Crippen LogP contribution is -2.11. The predicted octanol–water partition coefficient (Wildman–Crippen LogP) is 3.95. The van der Waals surface area contributed by atoms with E-state index in [-0.39, 0.29) is 6.61 Å². The van der Waals surface area contributed by atoms with Crippen LogP contribution in [-0.2, 0) is 19.7 Å². The second-order valence-electron chi connectivity index (χ2n) is 3.92. The van der Waals surface area contributed by atoms with Gasteiger partial charge in [-0.05, 0) is 33.1 Å². The lowest BCUT2D eigenvalue weighted by Gasteiger charge is -2.05. The van der Waals surface area contributed by atoms with E-state index in [9.17, 15) is 0 Å². The first-order chi connectivity index (χ1) is 8.69. The molecular formula is C13H13BrClNOS. The topological polar surface area (TPSA) is 32.3 Å². The van der Waals surface area contributed by atoms with Crippen molar-refractivity contribution >= 4 is 38.9 Å². The Morgan fingerprint density at radius 3 is 2.67 bits per heavy atom. The Morgan fingerprint density at radius 2 is 2.00 bits per heavy atom. The molecule has 0 atom stereocenters. The zero-order valence-corrected chi connectivity index (χ0v) is 12.8. The van der Waals surface area contributed by atoms with Crippen molar-refractivity contribution in [2.75, 3.05) is 0 Å². The van der Waals surface area contributed by atoms with E-state index in [2.05, 4.69) is 21.2 Å². The Balaban J connectivity index is 1.88. The Morgan fingerprint density at radius 1 is 1.22 bits per heavy atom. The van der Waals surface area contributed by atoms with Crippen LogP contribution in [0, 0.1) is 0 Å². The number of nitrogens with one attached hydrogen (secondary N) is 1. The number of rotatable bonds is 5. The van der Waals surface area contributed by atoms with E-state index >= 15 is 0 Å². The number of aliphatic hydroxyl groups is 1. The summed E-state index contributed by atoms with van der Waals surface area (Å²) >= 11 is 10.9. The fraction of sp³-hybridized carbons (Fsp3) is 0.231. The molecule has 0 fully saturated rings. The van der Waals surface area contributed by atoms with Gasteiger partial charge in [-0.1, -0.05) is 35.9 Å². The molecule has 0 saturated heterocycles. The molecular weight excluding hydrogens is 334 g/mol. The van der Waals surface area contributed by atoms with Crippen LogP contribution in [-0.4, -0.2) is 5.11 Å². The highest BCUT2D eigenvalue weighted by atomic mass is 79.9. The summed E-state index contributed by atoms with van der Waals surface area (Å²) in [6.07, 6.45) is 0. The third-order valence-corrected chi connectivity index (χ3v) is 4.97. The highest BCUT2D eigenvalue weighted by molar-refractivity contribution is 9.10. The zero-order valence-electron chi connectivity index (χ0n) is 9.62. The van der Waals surface area contributed by atoms with Gasteiger partial charge in [0.2, 0.25) is 0 Å². The highest BCUT2D eigenvalue weighted by Gasteiger charge is 2.04. The molecule has 2 aromatic rings. The molecule has 0 bridgehead atoms. The van der Waals surface area contributed by atoms with Crippen molar-refractivity contribution in [2.24, 2.45) is 0 Å². The minimum absolute atomic E-state index is 0.0846. The molecule has 96 valence electrons. The van der Waals surface area contributed by atoms with Crippen LogP contribution in [0.25, 0.3) is 0 Å². The summed E-state index contributed by atoms with van der Waals surface area (Å²) in [6, 6.07) is 9.96. The maximum absolute atomic E-state index is 9.06. The van der Waals surface area contributed by atoms with Gasteiger partial charge in [0.15, 0.2) is 0 Å². The van der Waals surface area contributed by atoms with Gasteiger partial charge in [-0.25, -0.2) is 0 Å². The third-order valence-electron chi connectivity index (χ3n) is 2.50. The van der Waals surface area contributed by atoms with Crippen LogP contribution in [0.15, 0.2) is 34.8 Å². The Hall–Kier alpha value is -0.390. The average Bonchev–Trinajstić information content (AvgIpc) is 2.69. The second-order valence-corrected chi connectivity index (χ2v) is 6.51. The number of thiophene rings is 1. The zero-order chi connectivity index (χ0) is 13.0. The van der Waals surface area contributed by atoms with Gasteiger partial charge in [0.25, 0.3) is 0 Å². The molecule has 0 aliphatic heterocycles. The summed E-state index contributed by atoms with van der Waals surface area (Å²) in [4.78, 5) is 1.20. The lowest BCUT2D eigenvalue weighted by atomic mass is 10.1. The van der Waals surface area contributed by atoms with Crippen LogP contribution in [0.5, 0.6) is 0 Å². The molecule has 0 unspecified atom stereocenters. The van der Waals surface area contributed by atoms with Crippen LogP contribution in [0.4, 0.5) is 0 Å². The van der Waals surface area contributed by atoms with Crippen LogP contribution < -0.4 is 5.32 Å². The van der Waals surface area contributed by atoms with Crippen LogP contribution in [0.3, 0.4) is 0 Å². The van der Waals surface area contributed by atoms with Crippen molar-refractivity contribution < 1.29 is 5.11 Å². The van der Waals surface area contributed by atoms with Gasteiger partial charge < -0.3 is 10.4 Å². The predicted molar refractivity (Wildman–Crippen MR) is 79.9 cm³/mol. The first-order valence-corrected chi connectivity index (χ1v) is 7.51. The molecule has 1 aromatic carbocycles. The molecule has 0 saturated carbocycles. The third kappa shape index (κ3) is 3.80. The summed E-state index contributed by atoms with van der Waals surface area (Å²) in [5, 5.41) is 12.4. The Bertz CT molecular complexity index is 510. The molecule has 2 N–H and O–H groups in total. The monoisotopic (exact) mass is 345 g/mol. The van der Waals surface area contributed by atoms with Crippen molar-refractivity contribution in [1.29, 1.82) is 0 Å². The Kier molecular flexibility index (Phi) is 5.21. The van der Waals surface area contributed by atoms with Crippen molar-refractivity contribution in [3.05, 3.63) is 55.1 Å². The molecule has 0 radical (unpaired) electrons. The molecule has 2 rings (SSSR count). The van der Waals surface area contributed by atoms with Gasteiger partial charge >= 0.3 is 0 Å². The fourth-order valence-corrected chi connectivity index (χ4v) is 3.41. The summed E-state index contributed by atoms with van der Waals surface area (Å²) < 4.78 is 1.74. The van der Waals surface area contributed by atoms with Gasteiger partial charge in [-0.15, -0.1) is 11.3 Å². The van der Waals surface area contributed by atoms with E-state index in [0.717, 1.165) is 27.5 Å². The second kappa shape index (κ2) is 6.68. The SMILES string of the molecule is OCc1cccc(CNCc2cc(Br)c(Cl)s2)c1. The first-order valence-electron chi connectivity index (χ1n) is 5.52. The van der Waals surface area contributed by atoms with Crippen LogP contribution in [0.2, 0.25) is 4.34 Å². The molecule has 0 spiro atoms. The number of aliphatic hydroxyl groups excluding tert-OH is 1. The van der Waals surface area contributed by atoms with Gasteiger partial charge in [0.1, 0.15) is 4.34 Å². The van der Waals surface area contributed by atoms with E-state index in [1.807, 2.05) is 30.3 Å². The maximum atomic E-state index is 9.06. The summed E-state index contributed by atoms with van der Waals surface area (Å²) in [5.74, 6) is 0. The smallest absolute Gasteiger partial charge is 0.107 e. The van der Waals surface area contributed by atoms with Crippen LogP contribution >= 0.6 is 38.9 Å². The molecule has 0 aliphatic rings. The maximum Gasteiger partial charge on any atom is 0.107 e. The van der Waals surface area contributed by atoms with E-state index in [1.165, 1.54) is 10.4 Å². The largest absolute Gasteiger partial charge is 0.392 e. The van der Waals surface area contributed by atoms with Gasteiger partial charge in [0, 0.05) is 22.4 Å². The minimum Gasteiger partial charge on any atom is -0.392 e. The highest BCUT2D eigenvalue weighted by Crippen LogP contribution is 2.31. The standard InChI is InChI=1S/C13H13BrClNOS/c14-12-5-11(18-13(12)15)7-16-6-9-2-1-3-10(4-9)8-17/h1-5,16-17H,6-8H2. The number of hydrogen-bond acceptors (Lipinski definition) is 3. The molecule has 0 aliphatic carbocycles. The van der Waals surface area contributed by atoms with Gasteiger partial charge in [-0.3, -0.25) is 0 Å². The van der Waals surface area contributed by atoms with Crippen molar-refractivity contribution in [3.8, 4) is 0 Å². The molecule has 1 heterocycles. The molecule has 18 heavy (non-hydrogen) atoms. The average molecular weight is 347 g/mol. The summed E-state index contributed by atoms with van der Waals surface area (Å²) in [5.41, 5.74) is 2.11. The van der Waals surface area contributed by atoms with E-state index in [0.29, 0.717) is 0 Å². The van der Waals surface area contributed by atoms with Crippen molar-refractivity contribution in [1.82, 2.24) is 5.32 Å². The summed E-state index contributed by atoms with van der Waals surface area (Å²) in [7, 11) is 0. The molecule has 1 aromatic heterocycles. The Labute approximate surface area is 124 Å². The minimum atomic E-state index is 0.0846. The number of benzene rings is 1. The normalized spacial score (nSPS) is 10.8. The van der Waals surface area contributed by atoms with Gasteiger partial charge in [-0.2, -0.15) is 0 Å². The quantitative estimate of drug-likeness (QED) is 0.859. The van der Waals surface area contributed by atoms with E-state index in [4.69, 9.17) is 16.7 Å². The van der Waals surface area contributed by atoms with E-state index < -0.39 is 0 Å². The first kappa shape index (κ1) is 14.0. The number of hydrogen-bond donors (Lipinski definition) is 2. The molecule has 2 nitrogen and oxygen atoms in total. The van der Waals surface area contributed by atoms with E-state index in [1.54, 1.807) is 11.3 Å². The fourth-order valence-electron chi connectivity index (χ4n) is 1.65. The molecule has 0 amide bonds. The van der Waals surface area contributed by atoms with Gasteiger partial charge in [0.05, 0.1) is 6.61 Å². The van der Waals surface area contributed by atoms with Crippen molar-refractivity contribution in [3.63, 3.8) is 0 Å². The van der Waals surface area contributed by atoms with Crippen molar-refractivity contribution in [2.45, 2.75) is 19.7 Å².